The number of nitriles is 1. The molecule has 31 heavy (non-hydrogen) atoms. The van der Waals surface area contributed by atoms with E-state index >= 15 is 0 Å². The first-order valence-electron chi connectivity index (χ1n) is 8.78. The second-order valence-electron chi connectivity index (χ2n) is 6.60. The number of hydrogen-bond donors (Lipinski definition) is 1. The topological polar surface area (TPSA) is 103 Å². The monoisotopic (exact) mass is 522 g/mol. The highest BCUT2D eigenvalue weighted by Crippen LogP contribution is 2.33. The minimum Gasteiger partial charge on any atom is -0.313 e. The minimum atomic E-state index is -3.74. The molecular weight excluding hydrogens is 507 g/mol. The number of nitrogens with zero attached hydrogens (tertiary/aromatic N) is 3. The van der Waals surface area contributed by atoms with Crippen LogP contribution in [-0.2, 0) is 16.6 Å². The summed E-state index contributed by atoms with van der Waals surface area (Å²) in [5.41, 5.74) is 1.79. The van der Waals surface area contributed by atoms with Crippen molar-refractivity contribution in [2.45, 2.75) is 13.5 Å². The highest BCUT2D eigenvalue weighted by atomic mass is 79.9. The Morgan fingerprint density at radius 3 is 2.55 bits per heavy atom. The molecule has 7 nitrogen and oxygen atoms in total. The lowest BCUT2D eigenvalue weighted by Gasteiger charge is -2.22. The number of sulfonamides is 1. The summed E-state index contributed by atoms with van der Waals surface area (Å²) in [7, 11) is -3.74. The summed E-state index contributed by atoms with van der Waals surface area (Å²) in [5.74, 6) is -1.24. The Kier molecular flexibility index (Phi) is 6.74. The van der Waals surface area contributed by atoms with Gasteiger partial charge in [0, 0.05) is 10.6 Å². The van der Waals surface area contributed by atoms with Gasteiger partial charge in [0.25, 0.3) is 5.91 Å². The molecule has 0 aliphatic heterocycles. The van der Waals surface area contributed by atoms with E-state index in [0.29, 0.717) is 31.3 Å². The number of rotatable bonds is 6. The smallest absolute Gasteiger partial charge is 0.284 e. The largest absolute Gasteiger partial charge is 0.313 e. The molecule has 0 fully saturated rings. The fourth-order valence-electron chi connectivity index (χ4n) is 2.73. The van der Waals surface area contributed by atoms with Crippen molar-refractivity contribution in [3.63, 3.8) is 0 Å². The van der Waals surface area contributed by atoms with E-state index in [-0.39, 0.29) is 12.2 Å². The number of amides is 1. The number of carbonyl (C=O) groups is 1. The van der Waals surface area contributed by atoms with Gasteiger partial charge in [0.05, 0.1) is 28.9 Å². The Hall–Kier alpha value is -2.81. The highest BCUT2D eigenvalue weighted by molar-refractivity contribution is 9.10. The summed E-state index contributed by atoms with van der Waals surface area (Å²) in [6.07, 6.45) is 0.888. The van der Waals surface area contributed by atoms with Gasteiger partial charge in [-0.3, -0.25) is 4.79 Å². The van der Waals surface area contributed by atoms with Crippen molar-refractivity contribution in [2.24, 2.45) is 0 Å². The van der Waals surface area contributed by atoms with E-state index in [1.54, 1.807) is 48.2 Å². The first-order valence-corrected chi connectivity index (χ1v) is 12.3. The van der Waals surface area contributed by atoms with Gasteiger partial charge in [0.1, 0.15) is 11.5 Å². The van der Waals surface area contributed by atoms with Crippen LogP contribution in [0, 0.1) is 24.1 Å². The molecule has 0 saturated heterocycles. The first-order chi connectivity index (χ1) is 14.6. The summed E-state index contributed by atoms with van der Waals surface area (Å²) in [6, 6.07) is 13.5. The Morgan fingerprint density at radius 1 is 1.29 bits per heavy atom. The summed E-state index contributed by atoms with van der Waals surface area (Å²) in [6.45, 7) is 1.89. The van der Waals surface area contributed by atoms with Crippen molar-refractivity contribution in [3.8, 4) is 6.07 Å². The van der Waals surface area contributed by atoms with E-state index in [1.165, 1.54) is 17.4 Å². The molecule has 1 aromatic heterocycles. The van der Waals surface area contributed by atoms with Gasteiger partial charge in [-0.15, -0.1) is 11.3 Å². The average Bonchev–Trinajstić information content (AvgIpc) is 3.09. The normalized spacial score (nSPS) is 11.1. The molecule has 3 aromatic rings. The lowest BCUT2D eigenvalue weighted by molar-refractivity contribution is 0.0977. The summed E-state index contributed by atoms with van der Waals surface area (Å²) in [5, 5.41) is 9.48. The molecule has 0 spiro atoms. The maximum absolute atomic E-state index is 14.0. The molecule has 11 heteroatoms. The van der Waals surface area contributed by atoms with E-state index in [1.807, 2.05) is 4.72 Å². The van der Waals surface area contributed by atoms with Gasteiger partial charge in [-0.2, -0.15) is 5.26 Å². The molecule has 0 atom stereocenters. The average molecular weight is 523 g/mol. The Bertz CT molecular complexity index is 1280. The Morgan fingerprint density at radius 2 is 1.97 bits per heavy atom. The number of aryl methyl sites for hydroxylation is 1. The number of hydrogen-bond acceptors (Lipinski definition) is 7. The maximum Gasteiger partial charge on any atom is 0.284 e. The third-order valence-electron chi connectivity index (χ3n) is 4.14. The van der Waals surface area contributed by atoms with Crippen LogP contribution in [0.3, 0.4) is 0 Å². The molecule has 1 heterocycles. The van der Waals surface area contributed by atoms with Crippen LogP contribution in [0.4, 0.5) is 15.2 Å². The molecule has 160 valence electrons. The van der Waals surface area contributed by atoms with Crippen LogP contribution in [0.2, 0.25) is 0 Å². The van der Waals surface area contributed by atoms with Crippen molar-refractivity contribution in [1.82, 2.24) is 9.71 Å². The third kappa shape index (κ3) is 5.66. The fourth-order valence-corrected chi connectivity index (χ4v) is 4.34. The zero-order valence-corrected chi connectivity index (χ0v) is 19.6. The van der Waals surface area contributed by atoms with E-state index < -0.39 is 21.7 Å². The molecule has 0 bridgehead atoms. The van der Waals surface area contributed by atoms with Crippen LogP contribution in [-0.4, -0.2) is 25.6 Å². The van der Waals surface area contributed by atoms with Crippen LogP contribution < -0.4 is 9.62 Å². The molecule has 0 radical (unpaired) electrons. The van der Waals surface area contributed by atoms with Gasteiger partial charge >= 0.3 is 0 Å². The SMILES string of the molecule is Cc1sc(N(Cc2ccc(Br)c(F)c2)c2ccc(C#N)cc2)nc1C(=O)NS(C)(=O)=O. The van der Waals surface area contributed by atoms with Gasteiger partial charge in [-0.1, -0.05) is 6.07 Å². The van der Waals surface area contributed by atoms with Gasteiger partial charge in [0.2, 0.25) is 10.0 Å². The molecule has 0 aliphatic carbocycles. The predicted molar refractivity (Wildman–Crippen MR) is 120 cm³/mol. The van der Waals surface area contributed by atoms with E-state index in [9.17, 15) is 17.6 Å². The van der Waals surface area contributed by atoms with Gasteiger partial charge in [-0.25, -0.2) is 22.5 Å². The molecule has 0 unspecified atom stereocenters. The van der Waals surface area contributed by atoms with E-state index in [2.05, 4.69) is 27.0 Å². The number of carbonyl (C=O) groups excluding carboxylic acids is 1. The van der Waals surface area contributed by atoms with Crippen molar-refractivity contribution in [2.75, 3.05) is 11.2 Å². The van der Waals surface area contributed by atoms with Crippen LogP contribution in [0.1, 0.15) is 26.5 Å². The summed E-state index contributed by atoms with van der Waals surface area (Å²) < 4.78 is 39.1. The standard InChI is InChI=1S/C20H16BrFN4O3S2/c1-12-18(19(27)25-31(2,28)29)24-20(30-12)26(15-6-3-13(10-23)4-7-15)11-14-5-8-16(21)17(22)9-14/h3-9H,11H2,1-2H3,(H,25,27). The predicted octanol–water partition coefficient (Wildman–Crippen LogP) is 4.25. The van der Waals surface area contributed by atoms with Crippen molar-refractivity contribution < 1.29 is 17.6 Å². The molecule has 0 aliphatic rings. The molecular formula is C20H16BrFN4O3S2. The number of nitrogens with one attached hydrogen (secondary N) is 1. The number of halogens is 2. The zero-order valence-electron chi connectivity index (χ0n) is 16.4. The lowest BCUT2D eigenvalue weighted by Crippen LogP contribution is -2.30. The lowest BCUT2D eigenvalue weighted by atomic mass is 10.1. The van der Waals surface area contributed by atoms with Crippen LogP contribution in [0.25, 0.3) is 0 Å². The van der Waals surface area contributed by atoms with Crippen LogP contribution >= 0.6 is 27.3 Å². The number of thiazole rings is 1. The Labute approximate surface area is 191 Å². The van der Waals surface area contributed by atoms with Crippen LogP contribution in [0.5, 0.6) is 0 Å². The summed E-state index contributed by atoms with van der Waals surface area (Å²) in [4.78, 5) is 19.0. The number of benzene rings is 2. The van der Waals surface area contributed by atoms with E-state index in [4.69, 9.17) is 5.26 Å². The number of anilines is 2. The highest BCUT2D eigenvalue weighted by Gasteiger charge is 2.22. The van der Waals surface area contributed by atoms with Crippen molar-refractivity contribution >= 4 is 54.0 Å². The zero-order chi connectivity index (χ0) is 22.8. The molecule has 0 saturated carbocycles. The molecule has 1 N–H and O–H groups in total. The maximum atomic E-state index is 14.0. The summed E-state index contributed by atoms with van der Waals surface area (Å²) >= 11 is 4.33. The van der Waals surface area contributed by atoms with Gasteiger partial charge in [0.15, 0.2) is 5.13 Å². The second-order valence-corrected chi connectivity index (χ2v) is 10.4. The van der Waals surface area contributed by atoms with Gasteiger partial charge in [-0.05, 0) is 64.8 Å². The second kappa shape index (κ2) is 9.13. The molecule has 2 aromatic carbocycles. The van der Waals surface area contributed by atoms with Gasteiger partial charge < -0.3 is 4.90 Å². The third-order valence-corrected chi connectivity index (χ3v) is 6.34. The number of aromatic nitrogens is 1. The quantitative estimate of drug-likeness (QED) is 0.518. The Balaban J connectivity index is 2.03. The molecule has 3 rings (SSSR count). The van der Waals surface area contributed by atoms with Crippen molar-refractivity contribution in [1.29, 1.82) is 5.26 Å². The molecule has 1 amide bonds. The van der Waals surface area contributed by atoms with E-state index in [0.717, 1.165) is 6.26 Å². The minimum absolute atomic E-state index is 0.00828. The first kappa shape index (κ1) is 22.9. The van der Waals surface area contributed by atoms with Crippen molar-refractivity contribution in [3.05, 3.63) is 74.5 Å². The van der Waals surface area contributed by atoms with Crippen LogP contribution in [0.15, 0.2) is 46.9 Å². The fraction of sp³-hybridized carbons (Fsp3) is 0.150.